The number of amides is 1. The minimum absolute atomic E-state index is 0.00954. The summed E-state index contributed by atoms with van der Waals surface area (Å²) in [5, 5.41) is 0. The fourth-order valence-electron chi connectivity index (χ4n) is 2.34. The van der Waals surface area contributed by atoms with Crippen LogP contribution in [0.15, 0.2) is 16.5 Å². The number of hydrogen-bond donors (Lipinski definition) is 1. The number of aryl methyl sites for hydroxylation is 1. The molecule has 2 N–H and O–H groups in total. The molecule has 1 fully saturated rings. The fraction of sp³-hybridized carbons (Fsp3) is 0.538. The molecular formula is C13H18N2O2S. The Morgan fingerprint density at radius 2 is 2.22 bits per heavy atom. The molecule has 98 valence electrons. The number of rotatable bonds is 4. The quantitative estimate of drug-likeness (QED) is 0.847. The largest absolute Gasteiger partial charge is 0.464 e. The van der Waals surface area contributed by atoms with Crippen LogP contribution in [0.25, 0.3) is 0 Å². The highest BCUT2D eigenvalue weighted by Gasteiger charge is 2.48. The third-order valence-corrected chi connectivity index (χ3v) is 4.01. The molecule has 0 unspecified atom stereocenters. The first-order valence-electron chi connectivity index (χ1n) is 6.06. The Labute approximate surface area is 112 Å². The summed E-state index contributed by atoms with van der Waals surface area (Å²) >= 11 is 5.05. The van der Waals surface area contributed by atoms with Gasteiger partial charge in [0.15, 0.2) is 0 Å². The average molecular weight is 266 g/mol. The molecule has 1 saturated carbocycles. The molecule has 0 atom stereocenters. The second kappa shape index (κ2) is 4.72. The Morgan fingerprint density at radius 3 is 2.61 bits per heavy atom. The zero-order valence-corrected chi connectivity index (χ0v) is 11.5. The summed E-state index contributed by atoms with van der Waals surface area (Å²) < 4.78 is 5.47. The van der Waals surface area contributed by atoms with Crippen molar-refractivity contribution in [2.24, 2.45) is 11.1 Å². The van der Waals surface area contributed by atoms with Gasteiger partial charge in [-0.05, 0) is 31.9 Å². The van der Waals surface area contributed by atoms with Gasteiger partial charge >= 0.3 is 0 Å². The lowest BCUT2D eigenvalue weighted by Crippen LogP contribution is -2.53. The Balaban J connectivity index is 2.07. The Morgan fingerprint density at radius 1 is 1.56 bits per heavy atom. The van der Waals surface area contributed by atoms with Gasteiger partial charge in [-0.3, -0.25) is 4.79 Å². The van der Waals surface area contributed by atoms with E-state index in [0.717, 1.165) is 30.8 Å². The van der Waals surface area contributed by atoms with Crippen LogP contribution >= 0.6 is 12.2 Å². The van der Waals surface area contributed by atoms with E-state index in [-0.39, 0.29) is 5.91 Å². The first-order valence-corrected chi connectivity index (χ1v) is 6.47. The lowest BCUT2D eigenvalue weighted by molar-refractivity contribution is -0.141. The Bertz CT molecular complexity index is 477. The van der Waals surface area contributed by atoms with Gasteiger partial charge in [0.1, 0.15) is 11.5 Å². The van der Waals surface area contributed by atoms with Gasteiger partial charge in [0.2, 0.25) is 5.91 Å². The second-order valence-corrected chi connectivity index (χ2v) is 5.41. The van der Waals surface area contributed by atoms with E-state index in [9.17, 15) is 4.79 Å². The summed E-state index contributed by atoms with van der Waals surface area (Å²) in [5.74, 6) is 1.63. The van der Waals surface area contributed by atoms with Crippen molar-refractivity contribution in [2.75, 3.05) is 7.05 Å². The number of furan rings is 1. The molecule has 0 spiro atoms. The molecular weight excluding hydrogens is 248 g/mol. The number of thiocarbonyl (C=S) groups is 1. The summed E-state index contributed by atoms with van der Waals surface area (Å²) in [7, 11) is 1.76. The lowest BCUT2D eigenvalue weighted by atomic mass is 9.67. The van der Waals surface area contributed by atoms with Gasteiger partial charge in [0.25, 0.3) is 0 Å². The monoisotopic (exact) mass is 266 g/mol. The van der Waals surface area contributed by atoms with Crippen LogP contribution in [0.3, 0.4) is 0 Å². The Kier molecular flexibility index (Phi) is 3.43. The first-order chi connectivity index (χ1) is 8.45. The van der Waals surface area contributed by atoms with Crippen molar-refractivity contribution in [1.82, 2.24) is 4.90 Å². The molecule has 2 rings (SSSR count). The number of carbonyl (C=O) groups is 1. The van der Waals surface area contributed by atoms with Gasteiger partial charge in [-0.25, -0.2) is 0 Å². The lowest BCUT2D eigenvalue weighted by Gasteiger charge is -2.41. The normalized spacial score (nSPS) is 17.0. The molecule has 0 aromatic carbocycles. The second-order valence-electron chi connectivity index (χ2n) is 4.97. The van der Waals surface area contributed by atoms with E-state index < -0.39 is 5.41 Å². The highest BCUT2D eigenvalue weighted by Crippen LogP contribution is 2.42. The van der Waals surface area contributed by atoms with E-state index in [1.54, 1.807) is 11.9 Å². The predicted molar refractivity (Wildman–Crippen MR) is 73.0 cm³/mol. The highest BCUT2D eigenvalue weighted by atomic mass is 32.1. The molecule has 0 saturated heterocycles. The molecule has 0 radical (unpaired) electrons. The zero-order valence-electron chi connectivity index (χ0n) is 10.7. The van der Waals surface area contributed by atoms with Crippen LogP contribution in [0.1, 0.15) is 30.8 Å². The molecule has 1 aliphatic rings. The summed E-state index contributed by atoms with van der Waals surface area (Å²) in [5.41, 5.74) is 5.12. The van der Waals surface area contributed by atoms with Gasteiger partial charge < -0.3 is 15.1 Å². The maximum atomic E-state index is 12.4. The van der Waals surface area contributed by atoms with Crippen LogP contribution < -0.4 is 5.73 Å². The summed E-state index contributed by atoms with van der Waals surface area (Å²) in [6, 6.07) is 3.77. The minimum atomic E-state index is -0.605. The van der Waals surface area contributed by atoms with Crippen molar-refractivity contribution in [1.29, 1.82) is 0 Å². The molecule has 1 heterocycles. The summed E-state index contributed by atoms with van der Waals surface area (Å²) in [6.45, 7) is 2.34. The van der Waals surface area contributed by atoms with Crippen LogP contribution in [0.5, 0.6) is 0 Å². The molecule has 0 aliphatic heterocycles. The number of hydrogen-bond acceptors (Lipinski definition) is 3. The molecule has 1 aliphatic carbocycles. The third-order valence-electron chi connectivity index (χ3n) is 3.62. The van der Waals surface area contributed by atoms with Gasteiger partial charge in [-0.2, -0.15) is 0 Å². The van der Waals surface area contributed by atoms with Crippen LogP contribution in [-0.4, -0.2) is 22.8 Å². The molecule has 1 aromatic heterocycles. The van der Waals surface area contributed by atoms with Gasteiger partial charge in [-0.1, -0.05) is 18.6 Å². The maximum Gasteiger partial charge on any atom is 0.235 e. The number of carbonyl (C=O) groups excluding carboxylic acids is 1. The van der Waals surface area contributed by atoms with Crippen LogP contribution in [-0.2, 0) is 11.3 Å². The third kappa shape index (κ3) is 2.14. The van der Waals surface area contributed by atoms with Gasteiger partial charge in [0, 0.05) is 7.05 Å². The zero-order chi connectivity index (χ0) is 13.3. The van der Waals surface area contributed by atoms with E-state index in [1.807, 2.05) is 19.1 Å². The fourth-order valence-corrected chi connectivity index (χ4v) is 2.63. The van der Waals surface area contributed by atoms with E-state index in [4.69, 9.17) is 22.4 Å². The average Bonchev–Trinajstić information content (AvgIpc) is 2.61. The van der Waals surface area contributed by atoms with Crippen molar-refractivity contribution < 1.29 is 9.21 Å². The van der Waals surface area contributed by atoms with Crippen LogP contribution in [0, 0.1) is 12.3 Å². The van der Waals surface area contributed by atoms with E-state index in [2.05, 4.69) is 0 Å². The number of nitrogens with zero attached hydrogens (tertiary/aromatic N) is 1. The molecule has 4 nitrogen and oxygen atoms in total. The standard InChI is InChI=1S/C13H18N2O2S/c1-9-4-5-10(17-9)8-15(2)12(16)13(11(14)18)6-3-7-13/h4-5H,3,6-8H2,1-2H3,(H2,14,18). The van der Waals surface area contributed by atoms with Crippen molar-refractivity contribution in [2.45, 2.75) is 32.7 Å². The summed E-state index contributed by atoms with van der Waals surface area (Å²) in [6.07, 6.45) is 2.54. The van der Waals surface area contributed by atoms with Gasteiger partial charge in [0.05, 0.1) is 16.9 Å². The highest BCUT2D eigenvalue weighted by molar-refractivity contribution is 7.80. The van der Waals surface area contributed by atoms with Crippen LogP contribution in [0.4, 0.5) is 0 Å². The molecule has 5 heteroatoms. The van der Waals surface area contributed by atoms with E-state index in [1.165, 1.54) is 0 Å². The SMILES string of the molecule is Cc1ccc(CN(C)C(=O)C2(C(N)=S)CCC2)o1. The van der Waals surface area contributed by atoms with E-state index >= 15 is 0 Å². The molecule has 18 heavy (non-hydrogen) atoms. The smallest absolute Gasteiger partial charge is 0.235 e. The number of nitrogens with two attached hydrogens (primary N) is 1. The van der Waals surface area contributed by atoms with Crippen molar-refractivity contribution in [3.8, 4) is 0 Å². The summed E-state index contributed by atoms with van der Waals surface area (Å²) in [4.78, 5) is 14.4. The minimum Gasteiger partial charge on any atom is -0.464 e. The van der Waals surface area contributed by atoms with Crippen molar-refractivity contribution in [3.63, 3.8) is 0 Å². The van der Waals surface area contributed by atoms with E-state index in [0.29, 0.717) is 11.5 Å². The Hall–Kier alpha value is -1.36. The first kappa shape index (κ1) is 13.1. The van der Waals surface area contributed by atoms with Crippen molar-refractivity contribution >= 4 is 23.1 Å². The predicted octanol–water partition coefficient (Wildman–Crippen LogP) is 2.00. The molecule has 1 aromatic rings. The topological polar surface area (TPSA) is 59.5 Å². The van der Waals surface area contributed by atoms with Crippen molar-refractivity contribution in [3.05, 3.63) is 23.7 Å². The molecule has 1 amide bonds. The maximum absolute atomic E-state index is 12.4. The van der Waals surface area contributed by atoms with Gasteiger partial charge in [-0.15, -0.1) is 0 Å². The molecule has 0 bridgehead atoms. The van der Waals surface area contributed by atoms with Crippen LogP contribution in [0.2, 0.25) is 0 Å².